The highest BCUT2D eigenvalue weighted by molar-refractivity contribution is 6.13. The van der Waals surface area contributed by atoms with Crippen molar-refractivity contribution in [3.05, 3.63) is 163 Å². The van der Waals surface area contributed by atoms with Gasteiger partial charge in [0.25, 0.3) is 0 Å². The molecule has 2 aromatic heterocycles. The van der Waals surface area contributed by atoms with Gasteiger partial charge in [0.1, 0.15) is 5.58 Å². The third-order valence-electron chi connectivity index (χ3n) is 9.46. The van der Waals surface area contributed by atoms with E-state index in [1.165, 1.54) is 10.8 Å². The minimum absolute atomic E-state index is 0.650. The third kappa shape index (κ3) is 4.37. The van der Waals surface area contributed by atoms with Crippen molar-refractivity contribution in [2.24, 2.45) is 0 Å². The van der Waals surface area contributed by atoms with E-state index in [9.17, 15) is 5.26 Å². The fraction of sp³-hybridized carbons (Fsp3) is 0.0227. The lowest BCUT2D eigenvalue weighted by atomic mass is 9.96. The van der Waals surface area contributed by atoms with Gasteiger partial charge in [-0.3, -0.25) is 0 Å². The molecule has 7 aromatic carbocycles. The Kier molecular flexibility index (Phi) is 6.38. The van der Waals surface area contributed by atoms with Gasteiger partial charge >= 0.3 is 0 Å². The largest absolute Gasteiger partial charge is 0.454 e. The van der Waals surface area contributed by atoms with Crippen LogP contribution in [0.15, 0.2) is 162 Å². The van der Waals surface area contributed by atoms with Gasteiger partial charge in [0.2, 0.25) is 0 Å². The number of anilines is 2. The topological polar surface area (TPSA) is 45.1 Å². The second kappa shape index (κ2) is 11.0. The fourth-order valence-electron chi connectivity index (χ4n) is 7.08. The van der Waals surface area contributed by atoms with Crippen LogP contribution in [-0.4, -0.2) is 11.6 Å². The molecule has 0 saturated carbocycles. The Hall–Kier alpha value is -6.57. The summed E-state index contributed by atoms with van der Waals surface area (Å²) < 4.78 is 8.83. The van der Waals surface area contributed by atoms with Gasteiger partial charge < -0.3 is 13.9 Å². The molecular formula is C44H29N3O. The first-order valence-electron chi connectivity index (χ1n) is 16.1. The molecule has 4 heteroatoms. The lowest BCUT2D eigenvalue weighted by Crippen LogP contribution is -2.10. The molecule has 48 heavy (non-hydrogen) atoms. The summed E-state index contributed by atoms with van der Waals surface area (Å²) in [4.78, 5) is 2.18. The van der Waals surface area contributed by atoms with Crippen LogP contribution in [0.5, 0.6) is 0 Å². The number of furan rings is 1. The molecule has 9 aromatic rings. The molecule has 226 valence electrons. The molecule has 0 amide bonds. The number of hydrogen-bond acceptors (Lipinski definition) is 3. The quantitative estimate of drug-likeness (QED) is 0.193. The molecule has 0 radical (unpaired) electrons. The van der Waals surface area contributed by atoms with Crippen LogP contribution in [-0.2, 0) is 0 Å². The van der Waals surface area contributed by atoms with Gasteiger partial charge in [-0.25, -0.2) is 0 Å². The lowest BCUT2D eigenvalue weighted by Gasteiger charge is -2.24. The van der Waals surface area contributed by atoms with E-state index >= 15 is 0 Å². The second-order valence-electron chi connectivity index (χ2n) is 12.2. The summed E-state index contributed by atoms with van der Waals surface area (Å²) in [7, 11) is 2.08. The summed E-state index contributed by atoms with van der Waals surface area (Å²) in [5.41, 5.74) is 12.4. The van der Waals surface area contributed by atoms with Crippen LogP contribution in [0.4, 0.5) is 11.4 Å². The molecule has 9 rings (SSSR count). The van der Waals surface area contributed by atoms with Crippen molar-refractivity contribution in [2.75, 3.05) is 11.9 Å². The highest BCUT2D eigenvalue weighted by Gasteiger charge is 2.19. The van der Waals surface area contributed by atoms with Crippen LogP contribution in [0.3, 0.4) is 0 Å². The molecule has 0 aliphatic rings. The number of aromatic nitrogens is 1. The molecule has 4 nitrogen and oxygen atoms in total. The van der Waals surface area contributed by atoms with Crippen LogP contribution < -0.4 is 4.90 Å². The Balaban J connectivity index is 1.21. The molecule has 0 saturated heterocycles. The number of nitrogens with zero attached hydrogens (tertiary/aromatic N) is 3. The lowest BCUT2D eigenvalue weighted by molar-refractivity contribution is 0.666. The normalized spacial score (nSPS) is 11.4. The zero-order chi connectivity index (χ0) is 32.2. The van der Waals surface area contributed by atoms with Gasteiger partial charge in [0.05, 0.1) is 28.4 Å². The SMILES string of the molecule is CN(c1ccc(C#N)cc1)c1ccc(-c2ccc3c(c2)c2ccccc2n3-c2cccc3c2oc2ccccc23)cc1-c1ccccc1. The summed E-state index contributed by atoms with van der Waals surface area (Å²) in [5.74, 6) is 0. The van der Waals surface area contributed by atoms with E-state index in [1.54, 1.807) is 0 Å². The van der Waals surface area contributed by atoms with Gasteiger partial charge in [-0.05, 0) is 83.4 Å². The number of nitriles is 1. The zero-order valence-electron chi connectivity index (χ0n) is 26.3. The first-order valence-corrected chi connectivity index (χ1v) is 16.1. The Bertz CT molecular complexity index is 2690. The minimum atomic E-state index is 0.650. The van der Waals surface area contributed by atoms with Crippen molar-refractivity contribution in [3.63, 3.8) is 0 Å². The second-order valence-corrected chi connectivity index (χ2v) is 12.2. The highest BCUT2D eigenvalue weighted by atomic mass is 16.3. The predicted molar refractivity (Wildman–Crippen MR) is 198 cm³/mol. The molecular weight excluding hydrogens is 587 g/mol. The van der Waals surface area contributed by atoms with Gasteiger partial charge in [0, 0.05) is 45.5 Å². The number of hydrogen-bond donors (Lipinski definition) is 0. The van der Waals surface area contributed by atoms with E-state index in [4.69, 9.17) is 4.42 Å². The standard InChI is InChI=1S/C44H29N3O/c1-46(33-22-18-29(28-45)19-23-33)39-24-20-31(26-37(39)30-10-3-2-4-11-30)32-21-25-41-38(27-32)34-12-5-7-15-40(34)47(41)42-16-9-14-36-35-13-6-8-17-43(35)48-44(36)42/h2-27H,1H3. The first-order chi connectivity index (χ1) is 23.7. The Morgan fingerprint density at radius 2 is 1.25 bits per heavy atom. The van der Waals surface area contributed by atoms with Crippen molar-refractivity contribution in [1.29, 1.82) is 5.26 Å². The zero-order valence-corrected chi connectivity index (χ0v) is 26.3. The van der Waals surface area contributed by atoms with Gasteiger partial charge in [-0.1, -0.05) is 91.0 Å². The van der Waals surface area contributed by atoms with Crippen molar-refractivity contribution in [3.8, 4) is 34.0 Å². The van der Waals surface area contributed by atoms with Crippen LogP contribution in [0, 0.1) is 11.3 Å². The van der Waals surface area contributed by atoms with E-state index in [1.807, 2.05) is 42.5 Å². The minimum Gasteiger partial charge on any atom is -0.454 e. The van der Waals surface area contributed by atoms with E-state index in [0.29, 0.717) is 5.56 Å². The molecule has 0 bridgehead atoms. The summed E-state index contributed by atoms with van der Waals surface area (Å²) in [6, 6.07) is 57.2. The van der Waals surface area contributed by atoms with Gasteiger partial charge in [0.15, 0.2) is 5.58 Å². The Morgan fingerprint density at radius 3 is 2.08 bits per heavy atom. The van der Waals surface area contributed by atoms with E-state index in [-0.39, 0.29) is 0 Å². The maximum absolute atomic E-state index is 9.30. The Morgan fingerprint density at radius 1 is 0.562 bits per heavy atom. The van der Waals surface area contributed by atoms with Crippen LogP contribution in [0.25, 0.3) is 71.7 Å². The number of rotatable bonds is 5. The average molecular weight is 616 g/mol. The molecule has 2 heterocycles. The van der Waals surface area contributed by atoms with E-state index in [0.717, 1.165) is 72.3 Å². The molecule has 0 fully saturated rings. The molecule has 0 atom stereocenters. The number of benzene rings is 7. The fourth-order valence-corrected chi connectivity index (χ4v) is 7.08. The smallest absolute Gasteiger partial charge is 0.159 e. The highest BCUT2D eigenvalue weighted by Crippen LogP contribution is 2.41. The van der Waals surface area contributed by atoms with Crippen molar-refractivity contribution < 1.29 is 4.42 Å². The molecule has 0 aliphatic heterocycles. The first kappa shape index (κ1) is 27.7. The monoisotopic (exact) mass is 615 g/mol. The average Bonchev–Trinajstić information content (AvgIpc) is 3.70. The van der Waals surface area contributed by atoms with Crippen molar-refractivity contribution >= 4 is 55.1 Å². The van der Waals surface area contributed by atoms with Gasteiger partial charge in [-0.15, -0.1) is 0 Å². The van der Waals surface area contributed by atoms with Crippen LogP contribution in [0.1, 0.15) is 5.56 Å². The summed E-state index contributed by atoms with van der Waals surface area (Å²) in [5, 5.41) is 13.9. The summed E-state index contributed by atoms with van der Waals surface area (Å²) in [6.45, 7) is 0. The maximum atomic E-state index is 9.30. The number of para-hydroxylation sites is 3. The van der Waals surface area contributed by atoms with Crippen molar-refractivity contribution in [1.82, 2.24) is 4.57 Å². The predicted octanol–water partition coefficient (Wildman–Crippen LogP) is 11.7. The molecule has 0 unspecified atom stereocenters. The third-order valence-corrected chi connectivity index (χ3v) is 9.46. The van der Waals surface area contributed by atoms with Crippen LogP contribution >= 0.6 is 0 Å². The number of fused-ring (bicyclic) bond motifs is 6. The Labute approximate surface area is 277 Å². The van der Waals surface area contributed by atoms with E-state index in [2.05, 4.69) is 138 Å². The van der Waals surface area contributed by atoms with E-state index < -0.39 is 0 Å². The molecule has 0 N–H and O–H groups in total. The molecule has 0 spiro atoms. The van der Waals surface area contributed by atoms with Crippen LogP contribution in [0.2, 0.25) is 0 Å². The van der Waals surface area contributed by atoms with Crippen molar-refractivity contribution in [2.45, 2.75) is 0 Å². The maximum Gasteiger partial charge on any atom is 0.159 e. The summed E-state index contributed by atoms with van der Waals surface area (Å²) >= 11 is 0. The van der Waals surface area contributed by atoms with Gasteiger partial charge in [-0.2, -0.15) is 5.26 Å². The molecule has 0 aliphatic carbocycles. The summed E-state index contributed by atoms with van der Waals surface area (Å²) in [6.07, 6.45) is 0.